The highest BCUT2D eigenvalue weighted by molar-refractivity contribution is 5.69. The second-order valence-corrected chi connectivity index (χ2v) is 3.37. The topological polar surface area (TPSA) is 42.4 Å². The molecular weight excluding hydrogens is 180 g/mol. The summed E-state index contributed by atoms with van der Waals surface area (Å²) in [4.78, 5) is 16.9. The van der Waals surface area contributed by atoms with E-state index < -0.39 is 0 Å². The number of pyridine rings is 1. The van der Waals surface area contributed by atoms with Gasteiger partial charge in [-0.15, -0.1) is 0 Å². The molecule has 0 spiro atoms. The second-order valence-electron chi connectivity index (χ2n) is 3.37. The Bertz CT molecular complexity index is 326. The summed E-state index contributed by atoms with van der Waals surface area (Å²) in [7, 11) is 1.75. The monoisotopic (exact) mass is 192 g/mol. The van der Waals surface area contributed by atoms with Crippen molar-refractivity contribution in [2.75, 3.05) is 13.7 Å². The third-order valence-corrected chi connectivity index (χ3v) is 2.41. The minimum absolute atomic E-state index is 0.123. The van der Waals surface area contributed by atoms with Gasteiger partial charge >= 0.3 is 6.09 Å². The van der Waals surface area contributed by atoms with E-state index >= 15 is 0 Å². The molecule has 0 aliphatic carbocycles. The summed E-state index contributed by atoms with van der Waals surface area (Å²) in [5.41, 5.74) is 0.989. The van der Waals surface area contributed by atoms with Gasteiger partial charge in [-0.2, -0.15) is 0 Å². The molecule has 1 atom stereocenters. The van der Waals surface area contributed by atoms with Gasteiger partial charge < -0.3 is 9.64 Å². The van der Waals surface area contributed by atoms with Crippen LogP contribution in [0.15, 0.2) is 24.4 Å². The minimum Gasteiger partial charge on any atom is -0.447 e. The van der Waals surface area contributed by atoms with Crippen LogP contribution in [0.25, 0.3) is 0 Å². The fraction of sp³-hybridized carbons (Fsp3) is 0.400. The van der Waals surface area contributed by atoms with Crippen LogP contribution < -0.4 is 0 Å². The number of carbonyl (C=O) groups excluding carboxylic acids is 1. The van der Waals surface area contributed by atoms with Gasteiger partial charge in [-0.3, -0.25) is 4.98 Å². The molecule has 0 radical (unpaired) electrons. The van der Waals surface area contributed by atoms with Gasteiger partial charge in [-0.1, -0.05) is 6.07 Å². The number of amides is 1. The van der Waals surface area contributed by atoms with E-state index in [1.165, 1.54) is 0 Å². The normalized spacial score (nSPS) is 21.1. The van der Waals surface area contributed by atoms with E-state index in [9.17, 15) is 4.79 Å². The average Bonchev–Trinajstić information content (AvgIpc) is 2.52. The predicted octanol–water partition coefficient (Wildman–Crippen LogP) is 1.07. The van der Waals surface area contributed by atoms with Gasteiger partial charge in [0, 0.05) is 25.4 Å². The van der Waals surface area contributed by atoms with E-state index in [2.05, 4.69) is 4.98 Å². The van der Waals surface area contributed by atoms with Crippen LogP contribution in [0, 0.1) is 0 Å². The van der Waals surface area contributed by atoms with Crippen LogP contribution in [0.4, 0.5) is 4.79 Å². The molecule has 74 valence electrons. The molecule has 0 aromatic carbocycles. The number of likely N-dealkylation sites (N-methyl/N-ethyl adjacent to an activating group) is 1. The summed E-state index contributed by atoms with van der Waals surface area (Å²) in [6.45, 7) is 0.464. The predicted molar refractivity (Wildman–Crippen MR) is 50.8 cm³/mol. The van der Waals surface area contributed by atoms with E-state index in [4.69, 9.17) is 4.74 Å². The Labute approximate surface area is 82.5 Å². The number of nitrogens with zero attached hydrogens (tertiary/aromatic N) is 2. The van der Waals surface area contributed by atoms with Crippen LogP contribution in [0.3, 0.4) is 0 Å². The first-order valence-electron chi connectivity index (χ1n) is 4.57. The molecule has 4 heteroatoms. The van der Waals surface area contributed by atoms with Crippen LogP contribution >= 0.6 is 0 Å². The summed E-state index contributed by atoms with van der Waals surface area (Å²) in [5, 5.41) is 0. The largest absolute Gasteiger partial charge is 0.447 e. The zero-order chi connectivity index (χ0) is 9.97. The standard InChI is InChI=1S/C10H12N2O2/c1-12-9(7-14-10(12)13)6-8-4-2-3-5-11-8/h2-5,9H,6-7H2,1H3. The zero-order valence-corrected chi connectivity index (χ0v) is 8.01. The van der Waals surface area contributed by atoms with Crippen molar-refractivity contribution in [2.45, 2.75) is 12.5 Å². The van der Waals surface area contributed by atoms with E-state index in [0.29, 0.717) is 6.61 Å². The molecule has 1 aromatic rings. The number of aromatic nitrogens is 1. The number of rotatable bonds is 2. The van der Waals surface area contributed by atoms with Gasteiger partial charge in [0.2, 0.25) is 0 Å². The molecule has 2 rings (SSSR count). The highest BCUT2D eigenvalue weighted by atomic mass is 16.6. The Morgan fingerprint density at radius 2 is 2.50 bits per heavy atom. The van der Waals surface area contributed by atoms with Crippen molar-refractivity contribution in [1.82, 2.24) is 9.88 Å². The second kappa shape index (κ2) is 3.65. The Morgan fingerprint density at radius 3 is 3.07 bits per heavy atom. The van der Waals surface area contributed by atoms with Crippen molar-refractivity contribution < 1.29 is 9.53 Å². The quantitative estimate of drug-likeness (QED) is 0.704. The first-order valence-corrected chi connectivity index (χ1v) is 4.57. The number of cyclic esters (lactones) is 1. The van der Waals surface area contributed by atoms with Gasteiger partial charge in [-0.25, -0.2) is 4.79 Å². The maximum atomic E-state index is 11.1. The number of ether oxygens (including phenoxy) is 1. The van der Waals surface area contributed by atoms with Gasteiger partial charge in [0.1, 0.15) is 6.61 Å². The Hall–Kier alpha value is -1.58. The Balaban J connectivity index is 2.02. The fourth-order valence-corrected chi connectivity index (χ4v) is 1.49. The summed E-state index contributed by atoms with van der Waals surface area (Å²) in [5.74, 6) is 0. The maximum Gasteiger partial charge on any atom is 0.409 e. The molecule has 0 saturated carbocycles. The van der Waals surface area contributed by atoms with Crippen molar-refractivity contribution in [3.8, 4) is 0 Å². The lowest BCUT2D eigenvalue weighted by Gasteiger charge is -2.14. The SMILES string of the molecule is CN1C(=O)OCC1Cc1ccccn1. The van der Waals surface area contributed by atoms with Gasteiger partial charge in [0.05, 0.1) is 6.04 Å². The number of carbonyl (C=O) groups is 1. The highest BCUT2D eigenvalue weighted by Crippen LogP contribution is 2.13. The van der Waals surface area contributed by atoms with Crippen molar-refractivity contribution in [1.29, 1.82) is 0 Å². The lowest BCUT2D eigenvalue weighted by Crippen LogP contribution is -2.31. The molecule has 1 aliphatic heterocycles. The molecule has 1 aromatic heterocycles. The molecule has 1 saturated heterocycles. The maximum absolute atomic E-state index is 11.1. The Kier molecular flexibility index (Phi) is 2.35. The van der Waals surface area contributed by atoms with Gasteiger partial charge in [0.25, 0.3) is 0 Å². The summed E-state index contributed by atoms with van der Waals surface area (Å²) >= 11 is 0. The third-order valence-electron chi connectivity index (χ3n) is 2.41. The van der Waals surface area contributed by atoms with Crippen molar-refractivity contribution >= 4 is 6.09 Å². The summed E-state index contributed by atoms with van der Waals surface area (Å²) in [6, 6.07) is 5.90. The summed E-state index contributed by atoms with van der Waals surface area (Å²) in [6.07, 6.45) is 2.27. The van der Waals surface area contributed by atoms with Gasteiger partial charge in [-0.05, 0) is 12.1 Å². The molecule has 0 bridgehead atoms. The van der Waals surface area contributed by atoms with Crippen LogP contribution in [0.5, 0.6) is 0 Å². The number of hydrogen-bond donors (Lipinski definition) is 0. The smallest absolute Gasteiger partial charge is 0.409 e. The van der Waals surface area contributed by atoms with Crippen molar-refractivity contribution in [3.05, 3.63) is 30.1 Å². The molecule has 1 aliphatic rings. The van der Waals surface area contributed by atoms with Crippen molar-refractivity contribution in [2.24, 2.45) is 0 Å². The molecule has 14 heavy (non-hydrogen) atoms. The molecule has 1 unspecified atom stereocenters. The first kappa shape index (κ1) is 8.99. The molecule has 1 fully saturated rings. The van der Waals surface area contributed by atoms with E-state index in [0.717, 1.165) is 12.1 Å². The first-order chi connectivity index (χ1) is 6.77. The van der Waals surface area contributed by atoms with E-state index in [-0.39, 0.29) is 12.1 Å². The average molecular weight is 192 g/mol. The van der Waals surface area contributed by atoms with Gasteiger partial charge in [0.15, 0.2) is 0 Å². The van der Waals surface area contributed by atoms with Crippen LogP contribution in [-0.2, 0) is 11.2 Å². The molecule has 1 amide bonds. The lowest BCUT2D eigenvalue weighted by molar-refractivity contribution is 0.163. The molecular formula is C10H12N2O2. The van der Waals surface area contributed by atoms with Crippen molar-refractivity contribution in [3.63, 3.8) is 0 Å². The lowest BCUT2D eigenvalue weighted by atomic mass is 10.1. The summed E-state index contributed by atoms with van der Waals surface area (Å²) < 4.78 is 4.91. The van der Waals surface area contributed by atoms with E-state index in [1.807, 2.05) is 18.2 Å². The molecule has 2 heterocycles. The van der Waals surface area contributed by atoms with Crippen LogP contribution in [0.1, 0.15) is 5.69 Å². The van der Waals surface area contributed by atoms with Crippen LogP contribution in [0.2, 0.25) is 0 Å². The molecule has 4 nitrogen and oxygen atoms in total. The van der Waals surface area contributed by atoms with E-state index in [1.54, 1.807) is 18.1 Å². The highest BCUT2D eigenvalue weighted by Gasteiger charge is 2.29. The fourth-order valence-electron chi connectivity index (χ4n) is 1.49. The minimum atomic E-state index is -0.245. The zero-order valence-electron chi connectivity index (χ0n) is 8.01. The Morgan fingerprint density at radius 1 is 1.64 bits per heavy atom. The molecule has 0 N–H and O–H groups in total. The van der Waals surface area contributed by atoms with Crippen LogP contribution in [-0.4, -0.2) is 35.7 Å². The number of hydrogen-bond acceptors (Lipinski definition) is 3. The third kappa shape index (κ3) is 1.69.